The average molecular weight is 308 g/mol. The first-order chi connectivity index (χ1) is 9.85. The normalized spacial score (nSPS) is 21.2. The van der Waals surface area contributed by atoms with E-state index in [1.165, 1.54) is 0 Å². The Kier molecular flexibility index (Phi) is 4.77. The highest BCUT2D eigenvalue weighted by Crippen LogP contribution is 2.21. The minimum atomic E-state index is -2.94. The summed E-state index contributed by atoms with van der Waals surface area (Å²) in [5, 5.41) is 4.07. The van der Waals surface area contributed by atoms with Gasteiger partial charge >= 0.3 is 0 Å². The molecule has 0 unspecified atom stereocenters. The van der Waals surface area contributed by atoms with Gasteiger partial charge in [-0.1, -0.05) is 29.8 Å². The lowest BCUT2D eigenvalue weighted by Gasteiger charge is -2.06. The molecule has 0 bridgehead atoms. The van der Waals surface area contributed by atoms with Crippen LogP contribution in [-0.4, -0.2) is 31.5 Å². The quantitative estimate of drug-likeness (QED) is 0.679. The number of hydrazone groups is 1. The Morgan fingerprint density at radius 3 is 2.57 bits per heavy atom. The number of sulfone groups is 1. The smallest absolute Gasteiger partial charge is 0.240 e. The van der Waals surface area contributed by atoms with Gasteiger partial charge in [-0.3, -0.25) is 4.79 Å². The van der Waals surface area contributed by atoms with Gasteiger partial charge in [0, 0.05) is 6.42 Å². The third kappa shape index (κ3) is 4.67. The van der Waals surface area contributed by atoms with Crippen molar-refractivity contribution in [2.24, 2.45) is 11.0 Å². The van der Waals surface area contributed by atoms with Crippen molar-refractivity contribution in [3.63, 3.8) is 0 Å². The SMILES string of the molecule is C/C(=N/NC(=O)C[C@@H]1CCS(=O)(=O)C1)c1ccc(C)cc1. The zero-order valence-electron chi connectivity index (χ0n) is 12.3. The van der Waals surface area contributed by atoms with Crippen LogP contribution in [0.5, 0.6) is 0 Å². The number of carbonyl (C=O) groups is 1. The van der Waals surface area contributed by atoms with E-state index in [9.17, 15) is 13.2 Å². The number of aryl methyl sites for hydroxylation is 1. The molecular formula is C15H20N2O3S. The largest absolute Gasteiger partial charge is 0.273 e. The lowest BCUT2D eigenvalue weighted by molar-refractivity contribution is -0.121. The molecule has 1 amide bonds. The van der Waals surface area contributed by atoms with Gasteiger partial charge in [-0.25, -0.2) is 13.8 Å². The molecule has 1 N–H and O–H groups in total. The average Bonchev–Trinajstić information content (AvgIpc) is 2.76. The van der Waals surface area contributed by atoms with Crippen LogP contribution < -0.4 is 5.43 Å². The predicted octanol–water partition coefficient (Wildman–Crippen LogP) is 1.66. The van der Waals surface area contributed by atoms with Crippen LogP contribution in [0.15, 0.2) is 29.4 Å². The van der Waals surface area contributed by atoms with Crippen molar-refractivity contribution < 1.29 is 13.2 Å². The zero-order valence-corrected chi connectivity index (χ0v) is 13.1. The van der Waals surface area contributed by atoms with Crippen LogP contribution >= 0.6 is 0 Å². The van der Waals surface area contributed by atoms with E-state index in [0.717, 1.165) is 16.8 Å². The van der Waals surface area contributed by atoms with Gasteiger partial charge in [-0.05, 0) is 31.7 Å². The van der Waals surface area contributed by atoms with Crippen molar-refractivity contribution in [2.75, 3.05) is 11.5 Å². The third-order valence-corrected chi connectivity index (χ3v) is 5.46. The second kappa shape index (κ2) is 6.39. The number of nitrogens with one attached hydrogen (secondary N) is 1. The summed E-state index contributed by atoms with van der Waals surface area (Å²) in [4.78, 5) is 11.8. The van der Waals surface area contributed by atoms with Crippen molar-refractivity contribution in [2.45, 2.75) is 26.7 Å². The molecule has 0 radical (unpaired) electrons. The Balaban J connectivity index is 1.88. The Bertz CT molecular complexity index is 648. The van der Waals surface area contributed by atoms with Crippen LogP contribution in [0.2, 0.25) is 0 Å². The minimum absolute atomic E-state index is 0.0788. The molecule has 1 aromatic rings. The molecule has 1 heterocycles. The van der Waals surface area contributed by atoms with Crippen molar-refractivity contribution in [1.29, 1.82) is 0 Å². The molecule has 5 nitrogen and oxygen atoms in total. The van der Waals surface area contributed by atoms with Crippen LogP contribution in [-0.2, 0) is 14.6 Å². The minimum Gasteiger partial charge on any atom is -0.273 e. The van der Waals surface area contributed by atoms with E-state index in [0.29, 0.717) is 6.42 Å². The summed E-state index contributed by atoms with van der Waals surface area (Å²) in [5.74, 6) is -0.00837. The van der Waals surface area contributed by atoms with E-state index in [2.05, 4.69) is 10.5 Å². The molecule has 1 fully saturated rings. The molecule has 1 saturated heterocycles. The fourth-order valence-corrected chi connectivity index (χ4v) is 4.21. The third-order valence-electron chi connectivity index (χ3n) is 3.62. The van der Waals surface area contributed by atoms with E-state index in [4.69, 9.17) is 0 Å². The van der Waals surface area contributed by atoms with Crippen LogP contribution in [0.4, 0.5) is 0 Å². The number of amides is 1. The van der Waals surface area contributed by atoms with Crippen LogP contribution in [0, 0.1) is 12.8 Å². The van der Waals surface area contributed by atoms with E-state index >= 15 is 0 Å². The first-order valence-corrected chi connectivity index (χ1v) is 8.78. The summed E-state index contributed by atoms with van der Waals surface area (Å²) >= 11 is 0. The molecule has 0 spiro atoms. The molecule has 0 aromatic heterocycles. The molecular weight excluding hydrogens is 288 g/mol. The number of hydrogen-bond acceptors (Lipinski definition) is 4. The maximum atomic E-state index is 11.8. The summed E-state index contributed by atoms with van der Waals surface area (Å²) in [7, 11) is -2.94. The Hall–Kier alpha value is -1.69. The van der Waals surface area contributed by atoms with Crippen LogP contribution in [0.1, 0.15) is 30.9 Å². The number of benzene rings is 1. The lowest BCUT2D eigenvalue weighted by Crippen LogP contribution is -2.22. The van der Waals surface area contributed by atoms with Crippen molar-refractivity contribution in [3.8, 4) is 0 Å². The van der Waals surface area contributed by atoms with Crippen molar-refractivity contribution in [3.05, 3.63) is 35.4 Å². The maximum Gasteiger partial charge on any atom is 0.240 e. The molecule has 1 aliphatic heterocycles. The highest BCUT2D eigenvalue weighted by molar-refractivity contribution is 7.91. The summed E-state index contributed by atoms with van der Waals surface area (Å²) < 4.78 is 22.7. The first kappa shape index (κ1) is 15.7. The fourth-order valence-electron chi connectivity index (χ4n) is 2.35. The summed E-state index contributed by atoms with van der Waals surface area (Å²) in [6.07, 6.45) is 0.778. The maximum absolute atomic E-state index is 11.8. The van der Waals surface area contributed by atoms with Crippen LogP contribution in [0.25, 0.3) is 0 Å². The van der Waals surface area contributed by atoms with Gasteiger partial charge in [0.25, 0.3) is 0 Å². The summed E-state index contributed by atoms with van der Waals surface area (Å²) in [5.41, 5.74) is 5.34. The van der Waals surface area contributed by atoms with Gasteiger partial charge in [0.15, 0.2) is 9.84 Å². The van der Waals surface area contributed by atoms with Gasteiger partial charge in [0.05, 0.1) is 17.2 Å². The van der Waals surface area contributed by atoms with Gasteiger partial charge in [0.1, 0.15) is 0 Å². The Morgan fingerprint density at radius 1 is 1.33 bits per heavy atom. The number of rotatable bonds is 4. The molecule has 114 valence electrons. The molecule has 6 heteroatoms. The van der Waals surface area contributed by atoms with Gasteiger partial charge in [0.2, 0.25) is 5.91 Å². The van der Waals surface area contributed by atoms with Gasteiger partial charge in [-0.15, -0.1) is 0 Å². The lowest BCUT2D eigenvalue weighted by atomic mass is 10.1. The highest BCUT2D eigenvalue weighted by atomic mass is 32.2. The van der Waals surface area contributed by atoms with E-state index in [-0.39, 0.29) is 29.8 Å². The summed E-state index contributed by atoms with van der Waals surface area (Å²) in [6, 6.07) is 7.87. The van der Waals surface area contributed by atoms with Crippen molar-refractivity contribution in [1.82, 2.24) is 5.43 Å². The molecule has 0 saturated carbocycles. The summed E-state index contributed by atoms with van der Waals surface area (Å²) in [6.45, 7) is 3.83. The molecule has 2 rings (SSSR count). The van der Waals surface area contributed by atoms with E-state index < -0.39 is 9.84 Å². The highest BCUT2D eigenvalue weighted by Gasteiger charge is 2.29. The monoisotopic (exact) mass is 308 g/mol. The molecule has 1 aliphatic rings. The number of carbonyl (C=O) groups excluding carboxylic acids is 1. The van der Waals surface area contributed by atoms with Gasteiger partial charge < -0.3 is 0 Å². The Labute approximate surface area is 125 Å². The van der Waals surface area contributed by atoms with E-state index in [1.54, 1.807) is 0 Å². The second-order valence-corrected chi connectivity index (χ2v) is 7.80. The Morgan fingerprint density at radius 2 is 2.00 bits per heavy atom. The van der Waals surface area contributed by atoms with Crippen LogP contribution in [0.3, 0.4) is 0 Å². The van der Waals surface area contributed by atoms with E-state index in [1.807, 2.05) is 38.1 Å². The predicted molar refractivity (Wildman–Crippen MR) is 82.9 cm³/mol. The fraction of sp³-hybridized carbons (Fsp3) is 0.467. The first-order valence-electron chi connectivity index (χ1n) is 6.96. The molecule has 1 atom stereocenters. The zero-order chi connectivity index (χ0) is 15.5. The molecule has 1 aromatic carbocycles. The van der Waals surface area contributed by atoms with Gasteiger partial charge in [-0.2, -0.15) is 5.10 Å². The van der Waals surface area contributed by atoms with Crippen molar-refractivity contribution >= 4 is 21.5 Å². The second-order valence-electron chi connectivity index (χ2n) is 5.57. The molecule has 0 aliphatic carbocycles. The number of hydrogen-bond donors (Lipinski definition) is 1. The molecule has 21 heavy (non-hydrogen) atoms. The topological polar surface area (TPSA) is 75.6 Å². The standard InChI is InChI=1S/C15H20N2O3S/c1-11-3-5-14(6-4-11)12(2)16-17-15(18)9-13-7-8-21(19,20)10-13/h3-6,13H,7-10H2,1-2H3,(H,17,18)/b16-12-/t13-/m0/s1. The number of nitrogens with zero attached hydrogens (tertiary/aromatic N) is 1.